The summed E-state index contributed by atoms with van der Waals surface area (Å²) in [4.78, 5) is 49.8. The predicted octanol–water partition coefficient (Wildman–Crippen LogP) is 1.26. The van der Waals surface area contributed by atoms with Gasteiger partial charge in [0.05, 0.1) is 11.3 Å². The summed E-state index contributed by atoms with van der Waals surface area (Å²) in [5.41, 5.74) is 1.31. The molecule has 3 unspecified atom stereocenters. The van der Waals surface area contributed by atoms with Gasteiger partial charge in [-0.05, 0) is 23.3 Å². The number of nitrogens with one attached hydrogen (secondary N) is 1. The molecular weight excluding hydrogens is 462 g/mol. The number of fused-ring (bicyclic) bond motifs is 1. The highest BCUT2D eigenvalue weighted by molar-refractivity contribution is 8.00. The Morgan fingerprint density at radius 1 is 1.15 bits per heavy atom. The van der Waals surface area contributed by atoms with Crippen LogP contribution in [0.15, 0.2) is 54.6 Å². The van der Waals surface area contributed by atoms with Crippen LogP contribution >= 0.6 is 11.8 Å². The van der Waals surface area contributed by atoms with E-state index in [-0.39, 0.29) is 31.2 Å². The van der Waals surface area contributed by atoms with Gasteiger partial charge in [0.1, 0.15) is 24.1 Å². The first-order valence-corrected chi connectivity index (χ1v) is 11.7. The van der Waals surface area contributed by atoms with Crippen LogP contribution in [0.3, 0.4) is 0 Å². The molecule has 2 aliphatic rings. The SMILES string of the molecule is O=C(Cc1ccccc1)NC1C(=O)N2C(C(=O)OCc3ccc([N+](=O)[O-])cc3)C(CO)CS[C@H]12. The normalized spacial score (nSPS) is 23.4. The summed E-state index contributed by atoms with van der Waals surface area (Å²) in [6.45, 7) is -0.422. The Bertz CT molecular complexity index is 1080. The molecule has 2 aromatic rings. The number of non-ortho nitro benzene ring substituents is 1. The minimum atomic E-state index is -0.968. The molecule has 0 spiro atoms. The maximum atomic E-state index is 12.9. The van der Waals surface area contributed by atoms with Crippen LogP contribution in [0.5, 0.6) is 0 Å². The number of benzene rings is 2. The molecule has 0 bridgehead atoms. The van der Waals surface area contributed by atoms with E-state index in [0.29, 0.717) is 11.3 Å². The Balaban J connectivity index is 1.38. The molecule has 2 saturated heterocycles. The van der Waals surface area contributed by atoms with Crippen molar-refractivity contribution in [2.75, 3.05) is 12.4 Å². The number of thioether (sulfide) groups is 1. The number of ether oxygens (including phenoxy) is 1. The van der Waals surface area contributed by atoms with Crippen molar-refractivity contribution in [3.63, 3.8) is 0 Å². The van der Waals surface area contributed by atoms with Gasteiger partial charge in [-0.15, -0.1) is 11.8 Å². The van der Waals surface area contributed by atoms with Crippen molar-refractivity contribution < 1.29 is 29.2 Å². The summed E-state index contributed by atoms with van der Waals surface area (Å²) >= 11 is 1.40. The lowest BCUT2D eigenvalue weighted by molar-refractivity contribution is -0.384. The number of carbonyl (C=O) groups excluding carboxylic acids is 3. The Hall–Kier alpha value is -3.44. The number of β-lactam (4-membered cyclic amide) rings is 1. The van der Waals surface area contributed by atoms with Gasteiger partial charge in [-0.2, -0.15) is 0 Å². The van der Waals surface area contributed by atoms with Gasteiger partial charge in [0.15, 0.2) is 0 Å². The van der Waals surface area contributed by atoms with Gasteiger partial charge in [-0.1, -0.05) is 30.3 Å². The Morgan fingerprint density at radius 3 is 2.50 bits per heavy atom. The van der Waals surface area contributed by atoms with Crippen molar-refractivity contribution >= 4 is 35.2 Å². The zero-order valence-electron chi connectivity index (χ0n) is 18.0. The molecule has 2 heterocycles. The standard InChI is InChI=1S/C23H23N3O7S/c27-11-16-13-34-22-19(24-18(28)10-14-4-2-1-3-5-14)21(29)25(22)20(16)23(30)33-12-15-6-8-17(9-7-15)26(31)32/h1-9,16,19-20,22,27H,10-13H2,(H,24,28)/t16?,19?,20?,22-/m1/s1. The summed E-state index contributed by atoms with van der Waals surface area (Å²) < 4.78 is 5.39. The highest BCUT2D eigenvalue weighted by atomic mass is 32.2. The van der Waals surface area contributed by atoms with Crippen LogP contribution < -0.4 is 5.32 Å². The third kappa shape index (κ3) is 4.90. The van der Waals surface area contributed by atoms with E-state index in [1.165, 1.54) is 40.9 Å². The average molecular weight is 486 g/mol. The number of amides is 2. The molecule has 2 fully saturated rings. The van der Waals surface area contributed by atoms with Crippen LogP contribution in [-0.4, -0.2) is 62.5 Å². The van der Waals surface area contributed by atoms with Crippen LogP contribution in [-0.2, 0) is 32.1 Å². The first kappa shape index (κ1) is 23.7. The molecule has 0 radical (unpaired) electrons. The molecule has 11 heteroatoms. The molecular formula is C23H23N3O7S. The van der Waals surface area contributed by atoms with E-state index in [4.69, 9.17) is 4.74 Å². The van der Waals surface area contributed by atoms with E-state index in [0.717, 1.165) is 5.56 Å². The second-order valence-electron chi connectivity index (χ2n) is 8.10. The van der Waals surface area contributed by atoms with Gasteiger partial charge in [0.2, 0.25) is 11.8 Å². The fourth-order valence-corrected chi connectivity index (χ4v) is 5.55. The van der Waals surface area contributed by atoms with Crippen LogP contribution in [0, 0.1) is 16.0 Å². The van der Waals surface area contributed by atoms with Crippen molar-refractivity contribution in [2.24, 2.45) is 5.92 Å². The van der Waals surface area contributed by atoms with Gasteiger partial charge in [0, 0.05) is 30.4 Å². The van der Waals surface area contributed by atoms with Crippen molar-refractivity contribution in [3.05, 3.63) is 75.8 Å². The number of esters is 1. The fraction of sp³-hybridized carbons (Fsp3) is 0.348. The molecule has 0 saturated carbocycles. The second kappa shape index (κ2) is 10.2. The van der Waals surface area contributed by atoms with Crippen molar-refractivity contribution in [3.8, 4) is 0 Å². The number of nitro groups is 1. The van der Waals surface area contributed by atoms with Gasteiger partial charge in [0.25, 0.3) is 5.69 Å². The topological polar surface area (TPSA) is 139 Å². The summed E-state index contributed by atoms with van der Waals surface area (Å²) in [6.07, 6.45) is 0.141. The molecule has 34 heavy (non-hydrogen) atoms. The molecule has 0 aliphatic carbocycles. The first-order chi connectivity index (χ1) is 16.4. The number of nitrogens with zero attached hydrogens (tertiary/aromatic N) is 2. The quantitative estimate of drug-likeness (QED) is 0.247. The van der Waals surface area contributed by atoms with E-state index in [1.807, 2.05) is 30.3 Å². The Labute approximate surface area is 199 Å². The van der Waals surface area contributed by atoms with E-state index in [1.54, 1.807) is 0 Å². The number of aliphatic hydroxyl groups is 1. The second-order valence-corrected chi connectivity index (χ2v) is 9.25. The van der Waals surface area contributed by atoms with E-state index in [2.05, 4.69) is 5.32 Å². The number of nitro benzene ring substituents is 1. The van der Waals surface area contributed by atoms with Gasteiger partial charge < -0.3 is 20.1 Å². The van der Waals surface area contributed by atoms with Crippen LogP contribution in [0.4, 0.5) is 5.69 Å². The lowest BCUT2D eigenvalue weighted by Crippen LogP contribution is -2.76. The zero-order chi connectivity index (χ0) is 24.2. The number of hydrogen-bond acceptors (Lipinski definition) is 8. The average Bonchev–Trinajstić information content (AvgIpc) is 2.85. The Morgan fingerprint density at radius 2 is 1.85 bits per heavy atom. The van der Waals surface area contributed by atoms with E-state index < -0.39 is 40.2 Å². The van der Waals surface area contributed by atoms with Crippen molar-refractivity contribution in [1.29, 1.82) is 0 Å². The minimum Gasteiger partial charge on any atom is -0.459 e. The van der Waals surface area contributed by atoms with Crippen LogP contribution in [0.2, 0.25) is 0 Å². The number of hydrogen-bond donors (Lipinski definition) is 2. The smallest absolute Gasteiger partial charge is 0.329 e. The first-order valence-electron chi connectivity index (χ1n) is 10.7. The molecule has 178 valence electrons. The summed E-state index contributed by atoms with van der Waals surface area (Å²) in [6, 6.07) is 13.1. The zero-order valence-corrected chi connectivity index (χ0v) is 18.8. The highest BCUT2D eigenvalue weighted by Gasteiger charge is 2.58. The third-order valence-electron chi connectivity index (χ3n) is 5.84. The largest absolute Gasteiger partial charge is 0.459 e. The third-order valence-corrected chi connectivity index (χ3v) is 7.30. The van der Waals surface area contributed by atoms with E-state index in [9.17, 15) is 29.6 Å². The molecule has 4 rings (SSSR count). The highest BCUT2D eigenvalue weighted by Crippen LogP contribution is 2.41. The number of carbonyl (C=O) groups is 3. The lowest BCUT2D eigenvalue weighted by atomic mass is 9.94. The van der Waals surface area contributed by atoms with Crippen molar-refractivity contribution in [1.82, 2.24) is 10.2 Å². The Kier molecular flexibility index (Phi) is 7.13. The lowest BCUT2D eigenvalue weighted by Gasteiger charge is -2.54. The monoisotopic (exact) mass is 485 g/mol. The minimum absolute atomic E-state index is 0.0749. The fourth-order valence-electron chi connectivity index (χ4n) is 4.05. The maximum absolute atomic E-state index is 12.9. The number of aliphatic hydroxyl groups excluding tert-OH is 1. The molecule has 2 N–H and O–H groups in total. The van der Waals surface area contributed by atoms with Gasteiger partial charge in [-0.25, -0.2) is 4.79 Å². The summed E-state index contributed by atoms with van der Waals surface area (Å²) in [5.74, 6) is -1.42. The van der Waals surface area contributed by atoms with Gasteiger partial charge in [-0.3, -0.25) is 19.7 Å². The molecule has 2 amide bonds. The predicted molar refractivity (Wildman–Crippen MR) is 122 cm³/mol. The number of rotatable bonds is 8. The summed E-state index contributed by atoms with van der Waals surface area (Å²) in [7, 11) is 0. The maximum Gasteiger partial charge on any atom is 0.329 e. The van der Waals surface area contributed by atoms with Gasteiger partial charge >= 0.3 is 5.97 Å². The van der Waals surface area contributed by atoms with Crippen LogP contribution in [0.1, 0.15) is 11.1 Å². The summed E-state index contributed by atoms with van der Waals surface area (Å²) in [5, 5.41) is 22.9. The molecule has 0 aromatic heterocycles. The molecule has 10 nitrogen and oxygen atoms in total. The van der Waals surface area contributed by atoms with Crippen molar-refractivity contribution in [2.45, 2.75) is 30.5 Å². The molecule has 4 atom stereocenters. The molecule has 2 aliphatic heterocycles. The van der Waals surface area contributed by atoms with Crippen LogP contribution in [0.25, 0.3) is 0 Å². The molecule has 2 aromatic carbocycles. The van der Waals surface area contributed by atoms with E-state index >= 15 is 0 Å².